The SMILES string of the molecule is CCOC(=O)[C@@H]1CCC[C@@H]1N.CCOC(=O)[C@H]1CCC[C@H]1N.Cl.Cl. The molecule has 2 aliphatic rings. The van der Waals surface area contributed by atoms with Crippen molar-refractivity contribution in [3.8, 4) is 0 Å². The Hall–Kier alpha value is -0.560. The van der Waals surface area contributed by atoms with Crippen LogP contribution in [0, 0.1) is 11.8 Å². The van der Waals surface area contributed by atoms with Crippen molar-refractivity contribution in [2.75, 3.05) is 13.2 Å². The molecule has 0 spiro atoms. The minimum atomic E-state index is -0.113. The molecule has 6 nitrogen and oxygen atoms in total. The second-order valence-electron chi connectivity index (χ2n) is 5.91. The van der Waals surface area contributed by atoms with Crippen LogP contribution >= 0.6 is 24.8 Å². The molecule has 0 aromatic carbocycles. The Kier molecular flexibility index (Phi) is 14.7. The van der Waals surface area contributed by atoms with Crippen molar-refractivity contribution >= 4 is 36.8 Å². The standard InChI is InChI=1S/2C8H15NO2.2ClH/c2*1-2-11-8(10)6-4-3-5-7(6)9;;/h2*6-7H,2-5,9H2,1H3;2*1H/t2*6-,7+;;/m10../s1. The van der Waals surface area contributed by atoms with Gasteiger partial charge in [-0.3, -0.25) is 9.59 Å². The van der Waals surface area contributed by atoms with Crippen molar-refractivity contribution < 1.29 is 19.1 Å². The van der Waals surface area contributed by atoms with Gasteiger partial charge in [0.25, 0.3) is 0 Å². The predicted molar refractivity (Wildman–Crippen MR) is 98.4 cm³/mol. The van der Waals surface area contributed by atoms with Gasteiger partial charge in [-0.1, -0.05) is 12.8 Å². The number of hydrogen-bond donors (Lipinski definition) is 2. The number of carbonyl (C=O) groups is 2. The van der Waals surface area contributed by atoms with E-state index < -0.39 is 0 Å². The average Bonchev–Trinajstić information content (AvgIpc) is 3.08. The molecule has 2 fully saturated rings. The first kappa shape index (κ1) is 25.7. The number of carbonyl (C=O) groups excluding carboxylic acids is 2. The topological polar surface area (TPSA) is 105 Å². The lowest BCUT2D eigenvalue weighted by molar-refractivity contribution is -0.149. The molecule has 0 radical (unpaired) electrons. The Morgan fingerprint density at radius 1 is 0.792 bits per heavy atom. The van der Waals surface area contributed by atoms with Crippen LogP contribution in [0.25, 0.3) is 0 Å². The molecule has 2 saturated carbocycles. The lowest BCUT2D eigenvalue weighted by atomic mass is 10.1. The first-order chi connectivity index (χ1) is 10.5. The average molecular weight is 387 g/mol. The number of hydrogen-bond acceptors (Lipinski definition) is 6. The largest absolute Gasteiger partial charge is 0.466 e. The van der Waals surface area contributed by atoms with Crippen LogP contribution in [0.4, 0.5) is 0 Å². The van der Waals surface area contributed by atoms with E-state index in [1.54, 1.807) is 0 Å². The molecule has 2 rings (SSSR count). The van der Waals surface area contributed by atoms with Crippen LogP contribution in [-0.2, 0) is 19.1 Å². The normalized spacial score (nSPS) is 27.8. The highest BCUT2D eigenvalue weighted by Gasteiger charge is 2.31. The van der Waals surface area contributed by atoms with Crippen LogP contribution in [0.15, 0.2) is 0 Å². The Morgan fingerprint density at radius 2 is 1.12 bits per heavy atom. The van der Waals surface area contributed by atoms with Gasteiger partial charge in [0.05, 0.1) is 25.0 Å². The van der Waals surface area contributed by atoms with Gasteiger partial charge in [0, 0.05) is 12.1 Å². The minimum Gasteiger partial charge on any atom is -0.466 e. The second kappa shape index (κ2) is 13.7. The van der Waals surface area contributed by atoms with Crippen molar-refractivity contribution in [2.24, 2.45) is 23.3 Å². The van der Waals surface area contributed by atoms with Crippen molar-refractivity contribution in [3.05, 3.63) is 0 Å². The Balaban J connectivity index is 0. The third kappa shape index (κ3) is 8.01. The first-order valence-corrected chi connectivity index (χ1v) is 8.35. The number of nitrogens with two attached hydrogens (primary N) is 2. The Morgan fingerprint density at radius 3 is 1.33 bits per heavy atom. The van der Waals surface area contributed by atoms with E-state index in [2.05, 4.69) is 0 Å². The summed E-state index contributed by atoms with van der Waals surface area (Å²) in [5.74, 6) is -0.292. The second-order valence-corrected chi connectivity index (χ2v) is 5.91. The zero-order valence-corrected chi connectivity index (χ0v) is 16.2. The van der Waals surface area contributed by atoms with Crippen LogP contribution in [-0.4, -0.2) is 37.2 Å². The van der Waals surface area contributed by atoms with Crippen molar-refractivity contribution in [3.63, 3.8) is 0 Å². The first-order valence-electron chi connectivity index (χ1n) is 8.35. The van der Waals surface area contributed by atoms with Gasteiger partial charge in [0.15, 0.2) is 0 Å². The lowest BCUT2D eigenvalue weighted by Gasteiger charge is -2.12. The van der Waals surface area contributed by atoms with Crippen molar-refractivity contribution in [2.45, 2.75) is 64.5 Å². The number of rotatable bonds is 4. The van der Waals surface area contributed by atoms with Crippen LogP contribution in [0.2, 0.25) is 0 Å². The molecule has 0 aromatic heterocycles. The molecule has 8 heteroatoms. The van der Waals surface area contributed by atoms with E-state index in [0.717, 1.165) is 38.5 Å². The van der Waals surface area contributed by atoms with E-state index in [9.17, 15) is 9.59 Å². The summed E-state index contributed by atoms with van der Waals surface area (Å²) in [4.78, 5) is 22.3. The number of ether oxygens (including phenoxy) is 2. The van der Waals surface area contributed by atoms with Gasteiger partial charge in [-0.05, 0) is 39.5 Å². The zero-order chi connectivity index (χ0) is 16.5. The van der Waals surface area contributed by atoms with E-state index in [-0.39, 0.29) is 60.7 Å². The van der Waals surface area contributed by atoms with Gasteiger partial charge in [-0.2, -0.15) is 0 Å². The maximum atomic E-state index is 11.2. The molecule has 0 aromatic rings. The van der Waals surface area contributed by atoms with E-state index in [1.807, 2.05) is 13.8 Å². The summed E-state index contributed by atoms with van der Waals surface area (Å²) in [6.45, 7) is 4.56. The van der Waals surface area contributed by atoms with E-state index in [4.69, 9.17) is 20.9 Å². The van der Waals surface area contributed by atoms with Gasteiger partial charge in [0.1, 0.15) is 0 Å². The summed E-state index contributed by atoms with van der Waals surface area (Å²) < 4.78 is 9.75. The minimum absolute atomic E-state index is 0. The van der Waals surface area contributed by atoms with Gasteiger partial charge >= 0.3 is 11.9 Å². The number of esters is 2. The molecule has 24 heavy (non-hydrogen) atoms. The monoisotopic (exact) mass is 386 g/mol. The predicted octanol–water partition coefficient (Wildman–Crippen LogP) is 2.20. The van der Waals surface area contributed by atoms with Crippen molar-refractivity contribution in [1.82, 2.24) is 0 Å². The molecule has 0 aliphatic heterocycles. The molecule has 0 heterocycles. The van der Waals surface area contributed by atoms with Gasteiger partial charge in [-0.15, -0.1) is 24.8 Å². The summed E-state index contributed by atoms with van der Waals surface area (Å²) in [6, 6.07) is 0.0723. The summed E-state index contributed by atoms with van der Waals surface area (Å²) in [5.41, 5.74) is 11.4. The molecule has 4 N–H and O–H groups in total. The molecule has 0 amide bonds. The maximum Gasteiger partial charge on any atom is 0.310 e. The highest BCUT2D eigenvalue weighted by molar-refractivity contribution is 5.85. The third-order valence-electron chi connectivity index (χ3n) is 4.32. The summed E-state index contributed by atoms with van der Waals surface area (Å²) >= 11 is 0. The van der Waals surface area contributed by atoms with E-state index in [0.29, 0.717) is 13.2 Å². The molecule has 0 unspecified atom stereocenters. The summed E-state index contributed by atoms with van der Waals surface area (Å²) in [6.07, 6.45) is 5.85. The summed E-state index contributed by atoms with van der Waals surface area (Å²) in [5, 5.41) is 0. The van der Waals surface area contributed by atoms with Crippen LogP contribution in [0.1, 0.15) is 52.4 Å². The van der Waals surface area contributed by atoms with Gasteiger partial charge in [-0.25, -0.2) is 0 Å². The molecule has 2 aliphatic carbocycles. The van der Waals surface area contributed by atoms with Crippen LogP contribution in [0.3, 0.4) is 0 Å². The molecule has 0 saturated heterocycles. The lowest BCUT2D eigenvalue weighted by Crippen LogP contribution is -2.31. The maximum absolute atomic E-state index is 11.2. The summed E-state index contributed by atoms with van der Waals surface area (Å²) in [7, 11) is 0. The van der Waals surface area contributed by atoms with Crippen LogP contribution in [0.5, 0.6) is 0 Å². The Labute approximate surface area is 157 Å². The molecular weight excluding hydrogens is 355 g/mol. The quantitative estimate of drug-likeness (QED) is 0.717. The fourth-order valence-corrected chi connectivity index (χ4v) is 3.06. The molecule has 0 bridgehead atoms. The number of halogens is 2. The molecular formula is C16H32Cl2N2O4. The van der Waals surface area contributed by atoms with Gasteiger partial charge < -0.3 is 20.9 Å². The third-order valence-corrected chi connectivity index (χ3v) is 4.32. The highest BCUT2D eigenvalue weighted by atomic mass is 35.5. The Bertz CT molecular complexity index is 338. The fourth-order valence-electron chi connectivity index (χ4n) is 3.06. The molecule has 144 valence electrons. The zero-order valence-electron chi connectivity index (χ0n) is 14.6. The van der Waals surface area contributed by atoms with E-state index >= 15 is 0 Å². The fraction of sp³-hybridized carbons (Fsp3) is 0.875. The smallest absolute Gasteiger partial charge is 0.310 e. The van der Waals surface area contributed by atoms with E-state index in [1.165, 1.54) is 0 Å². The van der Waals surface area contributed by atoms with Crippen LogP contribution < -0.4 is 11.5 Å². The highest BCUT2D eigenvalue weighted by Crippen LogP contribution is 2.25. The van der Waals surface area contributed by atoms with Gasteiger partial charge in [0.2, 0.25) is 0 Å². The molecule has 4 atom stereocenters. The van der Waals surface area contributed by atoms with Crippen molar-refractivity contribution in [1.29, 1.82) is 0 Å².